The van der Waals surface area contributed by atoms with Crippen LogP contribution in [0, 0.1) is 0 Å². The number of rotatable bonds is 13. The fourth-order valence-corrected chi connectivity index (χ4v) is 3.85. The van der Waals surface area contributed by atoms with Gasteiger partial charge in [0.25, 0.3) is 0 Å². The Balaban J connectivity index is 1.56. The molecular weight excluding hydrogens is 366 g/mol. The van der Waals surface area contributed by atoms with Crippen LogP contribution in [0.4, 0.5) is 0 Å². The van der Waals surface area contributed by atoms with Gasteiger partial charge >= 0.3 is 0 Å². The van der Waals surface area contributed by atoms with Crippen LogP contribution in [0.15, 0.2) is 91.0 Å². The van der Waals surface area contributed by atoms with Crippen molar-refractivity contribution in [2.75, 3.05) is 26.7 Å². The summed E-state index contributed by atoms with van der Waals surface area (Å²) in [5.41, 5.74) is 4.14. The van der Waals surface area contributed by atoms with E-state index in [0.29, 0.717) is 12.1 Å². The first-order valence-corrected chi connectivity index (χ1v) is 11.1. The standard InChI is InChI=1S/C27H35N3/c1-28-21-26(19-24-13-7-3-8-14-24)30-22-27(20-25-15-9-4-10-16-25)29-18-17-23-11-5-2-6-12-23/h2-16,26-30H,17-22H2,1H3/t26-,27?/m0/s1. The minimum atomic E-state index is 0.395. The second-order valence-electron chi connectivity index (χ2n) is 7.93. The van der Waals surface area contributed by atoms with Crippen molar-refractivity contribution >= 4 is 0 Å². The van der Waals surface area contributed by atoms with Gasteiger partial charge in [0.1, 0.15) is 0 Å². The molecule has 3 aromatic carbocycles. The average molecular weight is 402 g/mol. The molecule has 0 amide bonds. The Kier molecular flexibility index (Phi) is 9.61. The highest BCUT2D eigenvalue weighted by molar-refractivity contribution is 5.18. The van der Waals surface area contributed by atoms with Crippen molar-refractivity contribution in [1.29, 1.82) is 0 Å². The van der Waals surface area contributed by atoms with Gasteiger partial charge in [-0.1, -0.05) is 91.0 Å². The summed E-state index contributed by atoms with van der Waals surface area (Å²) in [6.07, 6.45) is 3.11. The molecule has 158 valence electrons. The Labute approximate surface area is 181 Å². The van der Waals surface area contributed by atoms with Crippen molar-refractivity contribution in [3.63, 3.8) is 0 Å². The lowest BCUT2D eigenvalue weighted by molar-refractivity contribution is 0.418. The Hall–Kier alpha value is -2.46. The van der Waals surface area contributed by atoms with Crippen LogP contribution < -0.4 is 16.0 Å². The number of nitrogens with one attached hydrogen (secondary N) is 3. The molecular formula is C27H35N3. The van der Waals surface area contributed by atoms with Crippen LogP contribution in [0.3, 0.4) is 0 Å². The Morgan fingerprint density at radius 1 is 0.567 bits per heavy atom. The SMILES string of the molecule is CNC[C@H](Cc1ccccc1)NCC(Cc1ccccc1)NCCc1ccccc1. The molecule has 3 N–H and O–H groups in total. The lowest BCUT2D eigenvalue weighted by Crippen LogP contribution is -2.47. The van der Waals surface area contributed by atoms with Gasteiger partial charge in [-0.2, -0.15) is 0 Å². The van der Waals surface area contributed by atoms with Crippen LogP contribution in [0.25, 0.3) is 0 Å². The van der Waals surface area contributed by atoms with Gasteiger partial charge in [-0.05, 0) is 49.5 Å². The van der Waals surface area contributed by atoms with E-state index in [9.17, 15) is 0 Å². The summed E-state index contributed by atoms with van der Waals surface area (Å²) in [6, 6.07) is 33.1. The summed E-state index contributed by atoms with van der Waals surface area (Å²) >= 11 is 0. The monoisotopic (exact) mass is 401 g/mol. The molecule has 0 radical (unpaired) electrons. The summed E-state index contributed by atoms with van der Waals surface area (Å²) in [5.74, 6) is 0. The highest BCUT2D eigenvalue weighted by atomic mass is 15.0. The molecule has 0 bridgehead atoms. The molecule has 1 unspecified atom stereocenters. The molecule has 2 atom stereocenters. The molecule has 0 fully saturated rings. The molecule has 3 nitrogen and oxygen atoms in total. The van der Waals surface area contributed by atoms with Crippen LogP contribution in [-0.2, 0) is 19.3 Å². The maximum Gasteiger partial charge on any atom is 0.0233 e. The molecule has 0 heterocycles. The minimum absolute atomic E-state index is 0.395. The third-order valence-corrected chi connectivity index (χ3v) is 5.44. The summed E-state index contributed by atoms with van der Waals surface area (Å²) < 4.78 is 0. The predicted molar refractivity (Wildman–Crippen MR) is 128 cm³/mol. The molecule has 0 aliphatic heterocycles. The van der Waals surface area contributed by atoms with Crippen LogP contribution >= 0.6 is 0 Å². The lowest BCUT2D eigenvalue weighted by Gasteiger charge is -2.24. The second-order valence-corrected chi connectivity index (χ2v) is 7.93. The van der Waals surface area contributed by atoms with Gasteiger partial charge in [-0.25, -0.2) is 0 Å². The molecule has 0 saturated heterocycles. The number of likely N-dealkylation sites (N-methyl/N-ethyl adjacent to an activating group) is 1. The third-order valence-electron chi connectivity index (χ3n) is 5.44. The van der Waals surface area contributed by atoms with Gasteiger partial charge < -0.3 is 16.0 Å². The highest BCUT2D eigenvalue weighted by Crippen LogP contribution is 2.06. The van der Waals surface area contributed by atoms with Gasteiger partial charge in [0.05, 0.1) is 0 Å². The van der Waals surface area contributed by atoms with E-state index in [2.05, 4.69) is 107 Å². The third kappa shape index (κ3) is 8.11. The maximum absolute atomic E-state index is 3.81. The molecule has 0 spiro atoms. The van der Waals surface area contributed by atoms with Gasteiger partial charge in [-0.15, -0.1) is 0 Å². The topological polar surface area (TPSA) is 36.1 Å². The van der Waals surface area contributed by atoms with E-state index >= 15 is 0 Å². The van der Waals surface area contributed by atoms with E-state index in [0.717, 1.165) is 38.9 Å². The zero-order valence-corrected chi connectivity index (χ0v) is 18.1. The molecule has 3 aromatic rings. The average Bonchev–Trinajstić information content (AvgIpc) is 2.79. The largest absolute Gasteiger partial charge is 0.318 e. The number of hydrogen-bond acceptors (Lipinski definition) is 3. The fraction of sp³-hybridized carbons (Fsp3) is 0.333. The van der Waals surface area contributed by atoms with Crippen molar-refractivity contribution in [3.05, 3.63) is 108 Å². The minimum Gasteiger partial charge on any atom is -0.318 e. The molecule has 0 aliphatic carbocycles. The van der Waals surface area contributed by atoms with Gasteiger partial charge in [0.2, 0.25) is 0 Å². The fourth-order valence-electron chi connectivity index (χ4n) is 3.85. The zero-order valence-electron chi connectivity index (χ0n) is 18.1. The summed E-state index contributed by atoms with van der Waals surface area (Å²) in [5, 5.41) is 11.0. The van der Waals surface area contributed by atoms with Crippen molar-refractivity contribution < 1.29 is 0 Å². The zero-order chi connectivity index (χ0) is 20.9. The first kappa shape index (κ1) is 22.2. The van der Waals surface area contributed by atoms with E-state index in [-0.39, 0.29) is 0 Å². The first-order valence-electron chi connectivity index (χ1n) is 11.1. The van der Waals surface area contributed by atoms with Crippen LogP contribution in [-0.4, -0.2) is 38.8 Å². The summed E-state index contributed by atoms with van der Waals surface area (Å²) in [4.78, 5) is 0. The molecule has 30 heavy (non-hydrogen) atoms. The first-order chi connectivity index (χ1) is 14.8. The number of hydrogen-bond donors (Lipinski definition) is 3. The van der Waals surface area contributed by atoms with Crippen molar-refractivity contribution in [3.8, 4) is 0 Å². The van der Waals surface area contributed by atoms with Crippen molar-refractivity contribution in [1.82, 2.24) is 16.0 Å². The second kappa shape index (κ2) is 13.0. The van der Waals surface area contributed by atoms with E-state index < -0.39 is 0 Å². The molecule has 3 heteroatoms. The van der Waals surface area contributed by atoms with Crippen LogP contribution in [0.1, 0.15) is 16.7 Å². The summed E-state index contributed by atoms with van der Waals surface area (Å²) in [7, 11) is 2.03. The van der Waals surface area contributed by atoms with E-state index in [1.807, 2.05) is 7.05 Å². The summed E-state index contributed by atoms with van der Waals surface area (Å²) in [6.45, 7) is 2.89. The molecule has 0 aliphatic rings. The molecule has 0 saturated carbocycles. The molecule has 0 aromatic heterocycles. The van der Waals surface area contributed by atoms with E-state index in [4.69, 9.17) is 0 Å². The maximum atomic E-state index is 3.81. The Bertz CT molecular complexity index is 805. The van der Waals surface area contributed by atoms with Gasteiger partial charge in [0.15, 0.2) is 0 Å². The van der Waals surface area contributed by atoms with E-state index in [1.165, 1.54) is 16.7 Å². The Morgan fingerprint density at radius 2 is 1.03 bits per heavy atom. The number of benzene rings is 3. The van der Waals surface area contributed by atoms with E-state index in [1.54, 1.807) is 0 Å². The normalized spacial score (nSPS) is 13.1. The van der Waals surface area contributed by atoms with Gasteiger partial charge in [-0.3, -0.25) is 0 Å². The lowest BCUT2D eigenvalue weighted by atomic mass is 10.0. The van der Waals surface area contributed by atoms with Crippen molar-refractivity contribution in [2.24, 2.45) is 0 Å². The molecule has 3 rings (SSSR count). The smallest absolute Gasteiger partial charge is 0.0233 e. The van der Waals surface area contributed by atoms with Crippen LogP contribution in [0.5, 0.6) is 0 Å². The van der Waals surface area contributed by atoms with Crippen LogP contribution in [0.2, 0.25) is 0 Å². The predicted octanol–water partition coefficient (Wildman–Crippen LogP) is 3.85. The quantitative estimate of drug-likeness (QED) is 0.407. The van der Waals surface area contributed by atoms with Gasteiger partial charge in [0, 0.05) is 25.2 Å². The van der Waals surface area contributed by atoms with Crippen molar-refractivity contribution in [2.45, 2.75) is 31.3 Å². The Morgan fingerprint density at radius 3 is 1.53 bits per heavy atom. The highest BCUT2D eigenvalue weighted by Gasteiger charge is 2.14.